The first-order chi connectivity index (χ1) is 19.8. The van der Waals surface area contributed by atoms with Gasteiger partial charge < -0.3 is 19.2 Å². The Morgan fingerprint density at radius 2 is 1.66 bits per heavy atom. The summed E-state index contributed by atoms with van der Waals surface area (Å²) in [6.45, 7) is 5.04. The first-order valence-corrected chi connectivity index (χ1v) is 13.7. The monoisotopic (exact) mass is 569 g/mol. The number of benzene rings is 3. The zero-order valence-corrected chi connectivity index (χ0v) is 22.8. The molecule has 10 heteroatoms. The van der Waals surface area contributed by atoms with E-state index in [2.05, 4.69) is 5.10 Å². The summed E-state index contributed by atoms with van der Waals surface area (Å²) in [4.78, 5) is 13.2. The highest BCUT2D eigenvalue weighted by Crippen LogP contribution is 2.34. The number of carbonyl (C=O) groups excluding carboxylic acids is 1. The number of carbonyl (C=O) groups is 1. The van der Waals surface area contributed by atoms with Crippen LogP contribution in [0.4, 0.5) is 28.9 Å². The summed E-state index contributed by atoms with van der Waals surface area (Å²) in [5.74, 6) is -2.96. The Kier molecular flexibility index (Phi) is 8.46. The molecule has 2 aliphatic rings. The molecule has 1 unspecified atom stereocenters. The van der Waals surface area contributed by atoms with E-state index in [1.165, 1.54) is 12.1 Å². The molecule has 5 rings (SSSR count). The lowest BCUT2D eigenvalue weighted by Crippen LogP contribution is -2.38. The molecule has 1 saturated heterocycles. The summed E-state index contributed by atoms with van der Waals surface area (Å²) in [6, 6.07) is 13.3. The lowest BCUT2D eigenvalue weighted by molar-refractivity contribution is -0.108. The van der Waals surface area contributed by atoms with Gasteiger partial charge in [0.2, 0.25) is 0 Å². The molecule has 0 aliphatic carbocycles. The second-order valence-electron chi connectivity index (χ2n) is 10.2. The van der Waals surface area contributed by atoms with Crippen LogP contribution in [0.5, 0.6) is 11.5 Å². The first kappa shape index (κ1) is 28.4. The molecule has 41 heavy (non-hydrogen) atoms. The minimum absolute atomic E-state index is 0.104. The molecule has 0 amide bonds. The molecule has 0 saturated carbocycles. The average Bonchev–Trinajstić information content (AvgIpc) is 3.29. The third-order valence-corrected chi connectivity index (χ3v) is 7.57. The van der Waals surface area contributed by atoms with Gasteiger partial charge in [-0.2, -0.15) is 5.10 Å². The molecular formula is C31H31F4N3O3. The molecule has 0 aromatic heterocycles. The zero-order chi connectivity index (χ0) is 29.1. The Balaban J connectivity index is 1.25. The number of hydrogen-bond donors (Lipinski definition) is 0. The molecular weight excluding hydrogens is 538 g/mol. The average molecular weight is 570 g/mol. The number of hydrogen-bond acceptors (Lipinski definition) is 6. The van der Waals surface area contributed by atoms with Crippen molar-refractivity contribution >= 4 is 23.4 Å². The van der Waals surface area contributed by atoms with E-state index in [0.29, 0.717) is 55.3 Å². The van der Waals surface area contributed by atoms with Gasteiger partial charge in [0.05, 0.1) is 29.7 Å². The number of hydrazone groups is 1. The van der Waals surface area contributed by atoms with E-state index in [4.69, 9.17) is 9.47 Å². The van der Waals surface area contributed by atoms with Crippen LogP contribution in [0, 0.1) is 29.2 Å². The molecule has 2 atom stereocenters. The fourth-order valence-corrected chi connectivity index (χ4v) is 5.42. The largest absolute Gasteiger partial charge is 0.494 e. The highest BCUT2D eigenvalue weighted by Gasteiger charge is 2.35. The number of aldehydes is 1. The van der Waals surface area contributed by atoms with Crippen molar-refractivity contribution in [3.63, 3.8) is 0 Å². The second kappa shape index (κ2) is 12.2. The van der Waals surface area contributed by atoms with Gasteiger partial charge in [0.15, 0.2) is 23.3 Å². The van der Waals surface area contributed by atoms with Crippen molar-refractivity contribution in [1.29, 1.82) is 0 Å². The van der Waals surface area contributed by atoms with Crippen molar-refractivity contribution in [2.45, 2.75) is 45.3 Å². The molecule has 0 radical (unpaired) electrons. The maximum absolute atomic E-state index is 14.5. The SMILES string of the molecule is CCOc1cc(F)c(F)c(N2CCC(Oc3ccc(N4N=C(c5ccc(F)c(F)c5)C(C)[C@@H]4CC=O)cc3)CC2)c1. The van der Waals surface area contributed by atoms with Crippen molar-refractivity contribution in [3.8, 4) is 11.5 Å². The standard InChI is InChI=1S/C31H31F4N3O3/c1-3-40-24-17-27(34)30(35)29(18-24)37-13-10-23(11-14-37)41-22-7-5-21(6-8-22)38-28(12-15-39)19(2)31(36-38)20-4-9-25(32)26(33)16-20/h4-9,15-19,23,28H,3,10-14H2,1-2H3/t19?,28-/m0/s1. The molecule has 1 fully saturated rings. The van der Waals surface area contributed by atoms with Crippen LogP contribution in [0.25, 0.3) is 0 Å². The molecule has 216 valence electrons. The van der Waals surface area contributed by atoms with Crippen molar-refractivity contribution in [1.82, 2.24) is 0 Å². The maximum Gasteiger partial charge on any atom is 0.182 e. The number of ether oxygens (including phenoxy) is 2. The van der Waals surface area contributed by atoms with Crippen LogP contribution in [-0.4, -0.2) is 43.8 Å². The molecule has 0 bridgehead atoms. The predicted molar refractivity (Wildman–Crippen MR) is 149 cm³/mol. The number of piperidine rings is 1. The van der Waals surface area contributed by atoms with Crippen LogP contribution in [0.2, 0.25) is 0 Å². The van der Waals surface area contributed by atoms with Gasteiger partial charge in [-0.3, -0.25) is 5.01 Å². The number of rotatable bonds is 9. The fraction of sp³-hybridized carbons (Fsp3) is 0.355. The fourth-order valence-electron chi connectivity index (χ4n) is 5.42. The number of anilines is 2. The van der Waals surface area contributed by atoms with Gasteiger partial charge >= 0.3 is 0 Å². The van der Waals surface area contributed by atoms with Gasteiger partial charge in [-0.25, -0.2) is 17.6 Å². The van der Waals surface area contributed by atoms with E-state index in [0.717, 1.165) is 30.2 Å². The summed E-state index contributed by atoms with van der Waals surface area (Å²) in [5.41, 5.74) is 1.96. The topological polar surface area (TPSA) is 54.4 Å². The summed E-state index contributed by atoms with van der Waals surface area (Å²) in [6.07, 6.45) is 2.18. The van der Waals surface area contributed by atoms with Crippen LogP contribution in [0.15, 0.2) is 59.7 Å². The summed E-state index contributed by atoms with van der Waals surface area (Å²) in [7, 11) is 0. The van der Waals surface area contributed by atoms with Gasteiger partial charge in [-0.15, -0.1) is 0 Å². The minimum Gasteiger partial charge on any atom is -0.494 e. The van der Waals surface area contributed by atoms with Crippen LogP contribution in [-0.2, 0) is 4.79 Å². The van der Waals surface area contributed by atoms with Gasteiger partial charge in [0.1, 0.15) is 23.9 Å². The van der Waals surface area contributed by atoms with E-state index in [1.54, 1.807) is 16.8 Å². The van der Waals surface area contributed by atoms with Crippen molar-refractivity contribution in [2.75, 3.05) is 29.6 Å². The summed E-state index contributed by atoms with van der Waals surface area (Å²) in [5, 5.41) is 6.42. The molecule has 3 aromatic rings. The lowest BCUT2D eigenvalue weighted by Gasteiger charge is -2.34. The molecule has 0 spiro atoms. The highest BCUT2D eigenvalue weighted by atomic mass is 19.2. The number of halogens is 4. The van der Waals surface area contributed by atoms with Gasteiger partial charge in [0.25, 0.3) is 0 Å². The van der Waals surface area contributed by atoms with Crippen molar-refractivity contribution in [3.05, 3.63) is 83.4 Å². The molecule has 2 aliphatic heterocycles. The normalized spacial score (nSPS) is 19.3. The second-order valence-corrected chi connectivity index (χ2v) is 10.2. The first-order valence-electron chi connectivity index (χ1n) is 13.7. The quantitative estimate of drug-likeness (QED) is 0.217. The molecule has 6 nitrogen and oxygen atoms in total. The van der Waals surface area contributed by atoms with Crippen LogP contribution in [0.1, 0.15) is 38.7 Å². The van der Waals surface area contributed by atoms with Gasteiger partial charge in [-0.1, -0.05) is 6.92 Å². The lowest BCUT2D eigenvalue weighted by atomic mass is 9.91. The van der Waals surface area contributed by atoms with E-state index in [9.17, 15) is 22.4 Å². The van der Waals surface area contributed by atoms with Crippen LogP contribution >= 0.6 is 0 Å². The predicted octanol–water partition coefficient (Wildman–Crippen LogP) is 6.51. The van der Waals surface area contributed by atoms with Gasteiger partial charge in [0, 0.05) is 56.0 Å². The summed E-state index contributed by atoms with van der Waals surface area (Å²) < 4.78 is 67.5. The van der Waals surface area contributed by atoms with Crippen LogP contribution < -0.4 is 19.4 Å². The Bertz CT molecular complexity index is 1420. The molecule has 2 heterocycles. The molecule has 0 N–H and O–H groups in total. The zero-order valence-electron chi connectivity index (χ0n) is 22.8. The smallest absolute Gasteiger partial charge is 0.182 e. The van der Waals surface area contributed by atoms with E-state index >= 15 is 0 Å². The Morgan fingerprint density at radius 1 is 0.927 bits per heavy atom. The Hall–Kier alpha value is -4.08. The number of nitrogens with zero attached hydrogens (tertiary/aromatic N) is 3. The summed E-state index contributed by atoms with van der Waals surface area (Å²) >= 11 is 0. The van der Waals surface area contributed by atoms with E-state index in [-0.39, 0.29) is 30.2 Å². The van der Waals surface area contributed by atoms with Crippen molar-refractivity contribution < 1.29 is 31.8 Å². The van der Waals surface area contributed by atoms with Crippen molar-refractivity contribution in [2.24, 2.45) is 11.0 Å². The highest BCUT2D eigenvalue weighted by molar-refractivity contribution is 6.05. The third kappa shape index (κ3) is 6.01. The molecule has 3 aromatic carbocycles. The Labute approximate surface area is 236 Å². The van der Waals surface area contributed by atoms with Crippen LogP contribution in [0.3, 0.4) is 0 Å². The third-order valence-electron chi connectivity index (χ3n) is 7.57. The minimum atomic E-state index is -0.952. The maximum atomic E-state index is 14.5. The van der Waals surface area contributed by atoms with E-state index < -0.39 is 23.3 Å². The van der Waals surface area contributed by atoms with Gasteiger partial charge in [-0.05, 0) is 49.4 Å². The Morgan fingerprint density at radius 3 is 2.32 bits per heavy atom. The van der Waals surface area contributed by atoms with E-state index in [1.807, 2.05) is 31.2 Å².